The molecule has 0 saturated carbocycles. The molecule has 0 saturated heterocycles. The van der Waals surface area contributed by atoms with E-state index in [0.29, 0.717) is 6.61 Å². The number of nitrogens with one attached hydrogen (secondary N) is 1. The van der Waals surface area contributed by atoms with Crippen molar-refractivity contribution in [3.05, 3.63) is 37.2 Å². The average Bonchev–Trinajstić information content (AvgIpc) is 3.05. The van der Waals surface area contributed by atoms with Gasteiger partial charge in [-0.2, -0.15) is 5.10 Å². The Hall–Kier alpha value is -0.210. The van der Waals surface area contributed by atoms with Gasteiger partial charge in [-0.05, 0) is 61.8 Å². The summed E-state index contributed by atoms with van der Waals surface area (Å²) in [6, 6.07) is 2.29. The molecule has 2 aromatic rings. The molecule has 0 spiro atoms. The van der Waals surface area contributed by atoms with E-state index < -0.39 is 0 Å². The molecule has 0 radical (unpaired) electrons. The first-order valence-electron chi connectivity index (χ1n) is 6.84. The first-order valence-corrected chi connectivity index (χ1v) is 9.31. The first kappa shape index (κ1) is 17.1. The van der Waals surface area contributed by atoms with Crippen LogP contribution in [0.15, 0.2) is 25.9 Å². The van der Waals surface area contributed by atoms with Crippen LogP contribution in [0, 0.1) is 0 Å². The largest absolute Gasteiger partial charge is 0.383 e. The van der Waals surface area contributed by atoms with Crippen LogP contribution in [-0.2, 0) is 11.3 Å². The fourth-order valence-corrected chi connectivity index (χ4v) is 3.88. The van der Waals surface area contributed by atoms with Gasteiger partial charge in [0.05, 0.1) is 39.3 Å². The van der Waals surface area contributed by atoms with Crippen molar-refractivity contribution < 1.29 is 4.74 Å². The van der Waals surface area contributed by atoms with E-state index in [1.807, 2.05) is 10.9 Å². The molecule has 2 aromatic heterocycles. The maximum Gasteiger partial charge on any atom is 0.0768 e. The van der Waals surface area contributed by atoms with E-state index in [2.05, 4.69) is 60.6 Å². The normalized spacial score (nSPS) is 12.8. The van der Waals surface area contributed by atoms with Crippen LogP contribution >= 0.6 is 43.2 Å². The van der Waals surface area contributed by atoms with Crippen LogP contribution < -0.4 is 5.32 Å². The zero-order valence-electron chi connectivity index (χ0n) is 12.1. The van der Waals surface area contributed by atoms with Gasteiger partial charge < -0.3 is 10.1 Å². The summed E-state index contributed by atoms with van der Waals surface area (Å²) in [4.78, 5) is 0. The number of hydrogen-bond acceptors (Lipinski definition) is 4. The topological polar surface area (TPSA) is 39.1 Å². The molecule has 0 bridgehead atoms. The zero-order chi connectivity index (χ0) is 15.2. The number of thiophene rings is 1. The Morgan fingerprint density at radius 2 is 2.29 bits per heavy atom. The summed E-state index contributed by atoms with van der Waals surface area (Å²) < 4.78 is 9.35. The smallest absolute Gasteiger partial charge is 0.0768 e. The third-order valence-electron chi connectivity index (χ3n) is 3.13. The Morgan fingerprint density at radius 1 is 1.48 bits per heavy atom. The van der Waals surface area contributed by atoms with Gasteiger partial charge in [0.15, 0.2) is 0 Å². The summed E-state index contributed by atoms with van der Waals surface area (Å²) in [5, 5.41) is 10.2. The average molecular weight is 437 g/mol. The Labute approximate surface area is 146 Å². The van der Waals surface area contributed by atoms with E-state index >= 15 is 0 Å². The molecule has 7 heteroatoms. The minimum absolute atomic E-state index is 0.126. The van der Waals surface area contributed by atoms with E-state index in [0.717, 1.165) is 33.5 Å². The van der Waals surface area contributed by atoms with E-state index in [1.54, 1.807) is 18.4 Å². The summed E-state index contributed by atoms with van der Waals surface area (Å²) >= 11 is 8.88. The highest BCUT2D eigenvalue weighted by atomic mass is 79.9. The standard InChI is InChI=1S/C14H19Br2N3OS/c1-3-4-17-13(10-7-12(16)21-9-10)14-11(15)8-18-19(14)5-6-20-2/h7-9,13,17H,3-6H2,1-2H3. The predicted octanol–water partition coefficient (Wildman–Crippen LogP) is 4.21. The fourth-order valence-electron chi connectivity index (χ4n) is 2.15. The molecular weight excluding hydrogens is 418 g/mol. The fraction of sp³-hybridized carbons (Fsp3) is 0.500. The van der Waals surface area contributed by atoms with E-state index in [4.69, 9.17) is 4.74 Å². The van der Waals surface area contributed by atoms with Crippen LogP contribution in [0.4, 0.5) is 0 Å². The van der Waals surface area contributed by atoms with Crippen molar-refractivity contribution in [3.8, 4) is 0 Å². The van der Waals surface area contributed by atoms with Crippen molar-refractivity contribution in [2.75, 3.05) is 20.3 Å². The molecule has 1 N–H and O–H groups in total. The molecule has 21 heavy (non-hydrogen) atoms. The number of halogens is 2. The molecule has 0 aromatic carbocycles. The zero-order valence-corrected chi connectivity index (χ0v) is 16.1. The molecule has 0 aliphatic rings. The van der Waals surface area contributed by atoms with Crippen LogP contribution in [0.5, 0.6) is 0 Å². The monoisotopic (exact) mass is 435 g/mol. The van der Waals surface area contributed by atoms with Crippen molar-refractivity contribution in [1.82, 2.24) is 15.1 Å². The lowest BCUT2D eigenvalue weighted by molar-refractivity contribution is 0.182. The molecular formula is C14H19Br2N3OS. The van der Waals surface area contributed by atoms with Crippen LogP contribution in [0.3, 0.4) is 0 Å². The van der Waals surface area contributed by atoms with Gasteiger partial charge in [0.1, 0.15) is 0 Å². The van der Waals surface area contributed by atoms with Crippen molar-refractivity contribution in [1.29, 1.82) is 0 Å². The molecule has 1 unspecified atom stereocenters. The highest BCUT2D eigenvalue weighted by Gasteiger charge is 2.22. The van der Waals surface area contributed by atoms with Crippen molar-refractivity contribution in [2.45, 2.75) is 25.9 Å². The van der Waals surface area contributed by atoms with Crippen LogP contribution in [0.2, 0.25) is 0 Å². The van der Waals surface area contributed by atoms with Gasteiger partial charge in [0.2, 0.25) is 0 Å². The molecule has 116 valence electrons. The van der Waals surface area contributed by atoms with Crippen LogP contribution in [0.25, 0.3) is 0 Å². The van der Waals surface area contributed by atoms with E-state index in [1.165, 1.54) is 5.56 Å². The summed E-state index contributed by atoms with van der Waals surface area (Å²) in [5.74, 6) is 0. The third kappa shape index (κ3) is 4.39. The highest BCUT2D eigenvalue weighted by molar-refractivity contribution is 9.11. The minimum Gasteiger partial charge on any atom is -0.383 e. The lowest BCUT2D eigenvalue weighted by atomic mass is 10.1. The second-order valence-corrected chi connectivity index (χ2v) is 7.81. The second-order valence-electron chi connectivity index (χ2n) is 4.66. The summed E-state index contributed by atoms with van der Waals surface area (Å²) in [5.41, 5.74) is 2.39. The number of hydrogen-bond donors (Lipinski definition) is 1. The van der Waals surface area contributed by atoms with Gasteiger partial charge in [-0.15, -0.1) is 11.3 Å². The van der Waals surface area contributed by atoms with Gasteiger partial charge in [-0.25, -0.2) is 0 Å². The maximum absolute atomic E-state index is 5.18. The van der Waals surface area contributed by atoms with Gasteiger partial charge >= 0.3 is 0 Å². The molecule has 2 heterocycles. The first-order chi connectivity index (χ1) is 10.2. The highest BCUT2D eigenvalue weighted by Crippen LogP contribution is 2.33. The molecule has 1 atom stereocenters. The number of aromatic nitrogens is 2. The van der Waals surface area contributed by atoms with Gasteiger partial charge in [-0.3, -0.25) is 4.68 Å². The molecule has 0 amide bonds. The maximum atomic E-state index is 5.18. The quantitative estimate of drug-likeness (QED) is 0.673. The van der Waals surface area contributed by atoms with Gasteiger partial charge in [0, 0.05) is 7.11 Å². The Bertz CT molecular complexity index is 570. The summed E-state index contributed by atoms with van der Waals surface area (Å²) in [6.07, 6.45) is 2.94. The predicted molar refractivity (Wildman–Crippen MR) is 94.0 cm³/mol. The number of rotatable bonds is 8. The molecule has 0 aliphatic carbocycles. The lowest BCUT2D eigenvalue weighted by Gasteiger charge is -2.20. The molecule has 0 aliphatic heterocycles. The van der Waals surface area contributed by atoms with E-state index in [9.17, 15) is 0 Å². The van der Waals surface area contributed by atoms with Crippen LogP contribution in [0.1, 0.15) is 30.6 Å². The van der Waals surface area contributed by atoms with Crippen molar-refractivity contribution in [2.24, 2.45) is 0 Å². The van der Waals surface area contributed by atoms with Crippen molar-refractivity contribution >= 4 is 43.2 Å². The molecule has 4 nitrogen and oxygen atoms in total. The third-order valence-corrected chi connectivity index (χ3v) is 5.27. The number of nitrogens with zero attached hydrogens (tertiary/aromatic N) is 2. The van der Waals surface area contributed by atoms with Crippen LogP contribution in [-0.4, -0.2) is 30.0 Å². The van der Waals surface area contributed by atoms with Gasteiger partial charge in [-0.1, -0.05) is 6.92 Å². The summed E-state index contributed by atoms with van der Waals surface area (Å²) in [6.45, 7) is 4.52. The number of ether oxygens (including phenoxy) is 1. The van der Waals surface area contributed by atoms with E-state index in [-0.39, 0.29) is 6.04 Å². The molecule has 0 fully saturated rings. The Morgan fingerprint density at radius 3 is 2.90 bits per heavy atom. The minimum atomic E-state index is 0.126. The number of methoxy groups -OCH3 is 1. The second kappa shape index (κ2) is 8.43. The Kier molecular flexibility index (Phi) is 6.88. The SMILES string of the molecule is CCCNC(c1csc(Br)c1)c1c(Br)cnn1CCOC. The lowest BCUT2D eigenvalue weighted by Crippen LogP contribution is -2.26. The summed E-state index contributed by atoms with van der Waals surface area (Å²) in [7, 11) is 1.71. The van der Waals surface area contributed by atoms with Crippen molar-refractivity contribution in [3.63, 3.8) is 0 Å². The van der Waals surface area contributed by atoms with Gasteiger partial charge in [0.25, 0.3) is 0 Å². The Balaban J connectivity index is 2.33. The molecule has 2 rings (SSSR count).